The molecule has 3 aliphatic rings. The van der Waals surface area contributed by atoms with Crippen LogP contribution in [0.4, 0.5) is 4.79 Å². The minimum absolute atomic E-state index is 0.0388. The fraction of sp³-hybridized carbons (Fsp3) is 0.938. The molecule has 5 unspecified atom stereocenters. The van der Waals surface area contributed by atoms with Crippen LogP contribution in [0.25, 0.3) is 0 Å². The topological polar surface area (TPSA) is 50.4 Å². The van der Waals surface area contributed by atoms with Gasteiger partial charge in [-0.2, -0.15) is 0 Å². The molecule has 3 rings (SSSR count). The van der Waals surface area contributed by atoms with E-state index in [1.807, 2.05) is 0 Å². The summed E-state index contributed by atoms with van der Waals surface area (Å²) in [5, 5.41) is 6.37. The van der Waals surface area contributed by atoms with Gasteiger partial charge in [0.2, 0.25) is 0 Å². The van der Waals surface area contributed by atoms with Crippen molar-refractivity contribution < 1.29 is 9.53 Å². The van der Waals surface area contributed by atoms with Crippen LogP contribution in [0.5, 0.6) is 0 Å². The summed E-state index contributed by atoms with van der Waals surface area (Å²) >= 11 is 0. The van der Waals surface area contributed by atoms with Crippen LogP contribution in [0.1, 0.15) is 52.4 Å². The van der Waals surface area contributed by atoms with E-state index in [1.165, 1.54) is 25.7 Å². The maximum Gasteiger partial charge on any atom is 0.315 e. The molecule has 1 heterocycles. The van der Waals surface area contributed by atoms with Gasteiger partial charge in [0.25, 0.3) is 0 Å². The number of nitrogens with one attached hydrogen (secondary N) is 2. The van der Waals surface area contributed by atoms with E-state index >= 15 is 0 Å². The van der Waals surface area contributed by atoms with E-state index in [0.29, 0.717) is 12.0 Å². The first-order chi connectivity index (χ1) is 9.61. The molecule has 0 aromatic rings. The molecule has 20 heavy (non-hydrogen) atoms. The third kappa shape index (κ3) is 3.11. The molecule has 0 aromatic carbocycles. The molecule has 0 aromatic heterocycles. The molecule has 2 amide bonds. The Labute approximate surface area is 122 Å². The molecular weight excluding hydrogens is 252 g/mol. The normalized spacial score (nSPS) is 40.0. The molecule has 2 N–H and O–H groups in total. The van der Waals surface area contributed by atoms with E-state index in [2.05, 4.69) is 24.5 Å². The molecular formula is C16H28N2O2. The van der Waals surface area contributed by atoms with Crippen molar-refractivity contribution in [1.29, 1.82) is 0 Å². The lowest BCUT2D eigenvalue weighted by molar-refractivity contribution is -0.0226. The zero-order valence-electron chi connectivity index (χ0n) is 12.7. The summed E-state index contributed by atoms with van der Waals surface area (Å²) in [6.07, 6.45) is 7.38. The van der Waals surface area contributed by atoms with Crippen LogP contribution in [0.3, 0.4) is 0 Å². The maximum absolute atomic E-state index is 12.2. The molecule has 0 spiro atoms. The maximum atomic E-state index is 12.2. The highest BCUT2D eigenvalue weighted by atomic mass is 16.5. The van der Waals surface area contributed by atoms with Crippen LogP contribution >= 0.6 is 0 Å². The Morgan fingerprint density at radius 2 is 1.95 bits per heavy atom. The van der Waals surface area contributed by atoms with Gasteiger partial charge in [-0.25, -0.2) is 4.79 Å². The van der Waals surface area contributed by atoms with Gasteiger partial charge in [0.15, 0.2) is 0 Å². The molecule has 4 heteroatoms. The first-order valence-corrected chi connectivity index (χ1v) is 8.30. The minimum Gasteiger partial charge on any atom is -0.378 e. The summed E-state index contributed by atoms with van der Waals surface area (Å²) in [7, 11) is 0. The number of ether oxygens (including phenoxy) is 1. The first kappa shape index (κ1) is 14.2. The van der Waals surface area contributed by atoms with Gasteiger partial charge < -0.3 is 15.4 Å². The lowest BCUT2D eigenvalue weighted by atomic mass is 9.95. The van der Waals surface area contributed by atoms with Gasteiger partial charge in [0.05, 0.1) is 6.10 Å². The van der Waals surface area contributed by atoms with Gasteiger partial charge in [-0.1, -0.05) is 20.3 Å². The summed E-state index contributed by atoms with van der Waals surface area (Å²) in [5.41, 5.74) is 0. The predicted octanol–water partition coefficient (Wildman–Crippen LogP) is 2.68. The Balaban J connectivity index is 1.44. The lowest BCUT2D eigenvalue weighted by Gasteiger charge is -2.33. The van der Waals surface area contributed by atoms with Gasteiger partial charge in [-0.05, 0) is 49.9 Å². The average molecular weight is 280 g/mol. The van der Waals surface area contributed by atoms with E-state index in [1.54, 1.807) is 0 Å². The minimum atomic E-state index is 0.0388. The molecule has 1 saturated heterocycles. The molecule has 5 atom stereocenters. The Hall–Kier alpha value is -0.770. The van der Waals surface area contributed by atoms with Crippen molar-refractivity contribution in [3.8, 4) is 0 Å². The van der Waals surface area contributed by atoms with Crippen molar-refractivity contribution in [3.63, 3.8) is 0 Å². The van der Waals surface area contributed by atoms with Gasteiger partial charge in [-0.15, -0.1) is 0 Å². The van der Waals surface area contributed by atoms with Crippen LogP contribution in [0.2, 0.25) is 0 Å². The number of carbonyl (C=O) groups is 1. The number of carbonyl (C=O) groups excluding carboxylic acids is 1. The van der Waals surface area contributed by atoms with Gasteiger partial charge >= 0.3 is 6.03 Å². The first-order valence-electron chi connectivity index (χ1n) is 8.30. The zero-order chi connectivity index (χ0) is 14.1. The number of fused-ring (bicyclic) bond motifs is 2. The largest absolute Gasteiger partial charge is 0.378 e. The second-order valence-electron chi connectivity index (χ2n) is 7.27. The summed E-state index contributed by atoms with van der Waals surface area (Å²) in [6.45, 7) is 5.13. The lowest BCUT2D eigenvalue weighted by Crippen LogP contribution is -2.50. The fourth-order valence-electron chi connectivity index (χ4n) is 4.24. The molecule has 3 fully saturated rings. The van der Waals surface area contributed by atoms with Crippen molar-refractivity contribution in [1.82, 2.24) is 10.6 Å². The monoisotopic (exact) mass is 280 g/mol. The Kier molecular flexibility index (Phi) is 4.20. The number of amides is 2. The van der Waals surface area contributed by atoms with E-state index < -0.39 is 0 Å². The molecule has 2 bridgehead atoms. The van der Waals surface area contributed by atoms with Crippen molar-refractivity contribution in [2.75, 3.05) is 6.61 Å². The zero-order valence-corrected chi connectivity index (χ0v) is 12.7. The van der Waals surface area contributed by atoms with Crippen LogP contribution in [-0.2, 0) is 4.74 Å². The molecule has 2 saturated carbocycles. The molecule has 2 aliphatic carbocycles. The number of hydrogen-bond acceptors (Lipinski definition) is 2. The summed E-state index contributed by atoms with van der Waals surface area (Å²) in [4.78, 5) is 12.2. The second kappa shape index (κ2) is 5.92. The summed E-state index contributed by atoms with van der Waals surface area (Å²) in [5.74, 6) is 2.13. The molecule has 114 valence electrons. The van der Waals surface area contributed by atoms with Crippen LogP contribution in [0, 0.1) is 17.8 Å². The van der Waals surface area contributed by atoms with E-state index in [0.717, 1.165) is 31.3 Å². The van der Waals surface area contributed by atoms with Crippen molar-refractivity contribution in [3.05, 3.63) is 0 Å². The molecule has 4 nitrogen and oxygen atoms in total. The second-order valence-corrected chi connectivity index (χ2v) is 7.27. The van der Waals surface area contributed by atoms with Gasteiger partial charge in [-0.3, -0.25) is 0 Å². The smallest absolute Gasteiger partial charge is 0.315 e. The standard InChI is InChI=1S/C16H28N2O2/c1-10(2)15-9-13(5-6-20-15)17-16(19)18-14-8-11-3-4-12(14)7-11/h10-15H,3-9H2,1-2H3,(H2,17,18,19). The van der Waals surface area contributed by atoms with E-state index in [-0.39, 0.29) is 18.2 Å². The predicted molar refractivity (Wildman–Crippen MR) is 78.5 cm³/mol. The third-order valence-electron chi connectivity index (χ3n) is 5.45. The quantitative estimate of drug-likeness (QED) is 0.835. The Bertz CT molecular complexity index is 358. The highest BCUT2D eigenvalue weighted by Gasteiger charge is 2.40. The van der Waals surface area contributed by atoms with Crippen LogP contribution in [-0.4, -0.2) is 30.8 Å². The number of hydrogen-bond donors (Lipinski definition) is 2. The Morgan fingerprint density at radius 3 is 2.60 bits per heavy atom. The average Bonchev–Trinajstić information content (AvgIpc) is 3.01. The third-order valence-corrected chi connectivity index (χ3v) is 5.45. The van der Waals surface area contributed by atoms with Crippen LogP contribution in [0.15, 0.2) is 0 Å². The SMILES string of the molecule is CC(C)C1CC(NC(=O)NC2CC3CCC2C3)CCO1. The van der Waals surface area contributed by atoms with Crippen LogP contribution < -0.4 is 10.6 Å². The van der Waals surface area contributed by atoms with Gasteiger partial charge in [0.1, 0.15) is 0 Å². The number of urea groups is 1. The highest BCUT2D eigenvalue weighted by Crippen LogP contribution is 2.44. The fourth-order valence-corrected chi connectivity index (χ4v) is 4.24. The molecule has 1 aliphatic heterocycles. The Morgan fingerprint density at radius 1 is 1.10 bits per heavy atom. The van der Waals surface area contributed by atoms with E-state index in [4.69, 9.17) is 4.74 Å². The number of rotatable bonds is 3. The summed E-state index contributed by atoms with van der Waals surface area (Å²) in [6, 6.07) is 0.737. The van der Waals surface area contributed by atoms with Crippen molar-refractivity contribution >= 4 is 6.03 Å². The van der Waals surface area contributed by atoms with Gasteiger partial charge in [0, 0.05) is 18.7 Å². The van der Waals surface area contributed by atoms with Crippen molar-refractivity contribution in [2.24, 2.45) is 17.8 Å². The van der Waals surface area contributed by atoms with E-state index in [9.17, 15) is 4.79 Å². The van der Waals surface area contributed by atoms with Crippen molar-refractivity contribution in [2.45, 2.75) is 70.6 Å². The highest BCUT2D eigenvalue weighted by molar-refractivity contribution is 5.74. The summed E-state index contributed by atoms with van der Waals surface area (Å²) < 4.78 is 5.75. The molecule has 0 radical (unpaired) electrons.